The molecular weight excluding hydrogens is 330 g/mol. The van der Waals surface area contributed by atoms with Gasteiger partial charge in [-0.3, -0.25) is 4.79 Å². The van der Waals surface area contributed by atoms with Crippen LogP contribution in [-0.2, 0) is 6.54 Å². The maximum Gasteiger partial charge on any atom is 0.251 e. The second kappa shape index (κ2) is 5.83. The molecule has 4 aromatic rings. The number of aromatic amines is 1. The molecule has 1 amide bonds. The van der Waals surface area contributed by atoms with Gasteiger partial charge in [-0.1, -0.05) is 6.07 Å². The van der Waals surface area contributed by atoms with Crippen LogP contribution >= 0.6 is 0 Å². The highest BCUT2D eigenvalue weighted by atomic mass is 16.1. The third-order valence-electron chi connectivity index (χ3n) is 4.64. The van der Waals surface area contributed by atoms with Gasteiger partial charge in [0.2, 0.25) is 0 Å². The number of carbonyl (C=O) groups is 1. The Kier molecular flexibility index (Phi) is 3.61. The van der Waals surface area contributed by atoms with Crippen LogP contribution in [0.4, 0.5) is 5.82 Å². The molecule has 0 fully saturated rings. The minimum absolute atomic E-state index is 0.126. The number of aromatic nitrogens is 5. The van der Waals surface area contributed by atoms with Crippen LogP contribution in [0.15, 0.2) is 24.5 Å². The first-order valence-electron chi connectivity index (χ1n) is 8.36. The van der Waals surface area contributed by atoms with E-state index in [-0.39, 0.29) is 5.91 Å². The molecule has 0 spiro atoms. The number of nitrogens with zero attached hydrogens (tertiary/aromatic N) is 4. The van der Waals surface area contributed by atoms with Crippen molar-refractivity contribution >= 4 is 33.7 Å². The number of nitrogens with one attached hydrogen (secondary N) is 2. The summed E-state index contributed by atoms with van der Waals surface area (Å²) in [5.74, 6) is 0.271. The molecule has 26 heavy (non-hydrogen) atoms. The number of nitrogen functional groups attached to an aromatic ring is 1. The molecular formula is C18H19N7O. The van der Waals surface area contributed by atoms with E-state index in [2.05, 4.69) is 20.3 Å². The third kappa shape index (κ3) is 2.22. The maximum atomic E-state index is 11.9. The number of benzene rings is 1. The molecule has 132 valence electrons. The number of anilines is 1. The molecule has 0 aliphatic rings. The predicted molar refractivity (Wildman–Crippen MR) is 101 cm³/mol. The van der Waals surface area contributed by atoms with Gasteiger partial charge in [0.05, 0.1) is 11.1 Å². The average molecular weight is 349 g/mol. The van der Waals surface area contributed by atoms with Crippen molar-refractivity contribution in [1.29, 1.82) is 0 Å². The summed E-state index contributed by atoms with van der Waals surface area (Å²) in [6, 6.07) is 5.59. The average Bonchev–Trinajstić information content (AvgIpc) is 3.19. The molecule has 4 N–H and O–H groups in total. The molecule has 0 radical (unpaired) electrons. The van der Waals surface area contributed by atoms with E-state index in [4.69, 9.17) is 10.8 Å². The SMILES string of the molecule is CCn1nc(-c2[nH]c3cc(C(=O)NC)ccc3c2C)c2c(N)ncnc21. The molecule has 8 nitrogen and oxygen atoms in total. The van der Waals surface area contributed by atoms with Gasteiger partial charge in [-0.2, -0.15) is 5.10 Å². The monoisotopic (exact) mass is 349 g/mol. The first kappa shape index (κ1) is 16.1. The summed E-state index contributed by atoms with van der Waals surface area (Å²) in [5.41, 5.74) is 10.9. The minimum atomic E-state index is -0.126. The van der Waals surface area contributed by atoms with E-state index < -0.39 is 0 Å². The van der Waals surface area contributed by atoms with E-state index >= 15 is 0 Å². The second-order valence-electron chi connectivity index (χ2n) is 6.09. The number of amides is 1. The van der Waals surface area contributed by atoms with Crippen LogP contribution in [0.1, 0.15) is 22.8 Å². The molecule has 8 heteroatoms. The highest BCUT2D eigenvalue weighted by Crippen LogP contribution is 2.35. The van der Waals surface area contributed by atoms with E-state index in [0.29, 0.717) is 23.6 Å². The molecule has 3 aromatic heterocycles. The van der Waals surface area contributed by atoms with Crippen molar-refractivity contribution in [3.05, 3.63) is 35.7 Å². The number of hydrogen-bond donors (Lipinski definition) is 3. The van der Waals surface area contributed by atoms with Crippen molar-refractivity contribution in [2.45, 2.75) is 20.4 Å². The number of aryl methyl sites for hydroxylation is 2. The van der Waals surface area contributed by atoms with Crippen molar-refractivity contribution in [3.8, 4) is 11.4 Å². The Morgan fingerprint density at radius 1 is 1.35 bits per heavy atom. The molecule has 1 aromatic carbocycles. The topological polar surface area (TPSA) is 115 Å². The van der Waals surface area contributed by atoms with Gasteiger partial charge >= 0.3 is 0 Å². The lowest BCUT2D eigenvalue weighted by atomic mass is 10.1. The van der Waals surface area contributed by atoms with Gasteiger partial charge in [0, 0.05) is 30.1 Å². The van der Waals surface area contributed by atoms with E-state index in [0.717, 1.165) is 33.2 Å². The highest BCUT2D eigenvalue weighted by molar-refractivity contribution is 6.03. The van der Waals surface area contributed by atoms with Gasteiger partial charge in [-0.05, 0) is 31.5 Å². The fraction of sp³-hybridized carbons (Fsp3) is 0.222. The second-order valence-corrected chi connectivity index (χ2v) is 6.09. The predicted octanol–water partition coefficient (Wildman–Crippen LogP) is 2.24. The van der Waals surface area contributed by atoms with Crippen molar-refractivity contribution in [2.75, 3.05) is 12.8 Å². The van der Waals surface area contributed by atoms with Gasteiger partial charge in [0.25, 0.3) is 5.91 Å². The van der Waals surface area contributed by atoms with Crippen LogP contribution in [0.5, 0.6) is 0 Å². The van der Waals surface area contributed by atoms with Crippen molar-refractivity contribution in [1.82, 2.24) is 30.0 Å². The number of rotatable bonds is 3. The fourth-order valence-corrected chi connectivity index (χ4v) is 3.29. The maximum absolute atomic E-state index is 11.9. The summed E-state index contributed by atoms with van der Waals surface area (Å²) in [6.45, 7) is 4.69. The number of H-pyrrole nitrogens is 1. The van der Waals surface area contributed by atoms with Crippen LogP contribution in [0, 0.1) is 6.92 Å². The molecule has 0 saturated heterocycles. The first-order chi connectivity index (χ1) is 12.5. The number of carbonyl (C=O) groups excluding carboxylic acids is 1. The molecule has 0 unspecified atom stereocenters. The fourth-order valence-electron chi connectivity index (χ4n) is 3.29. The van der Waals surface area contributed by atoms with E-state index in [1.807, 2.05) is 36.7 Å². The lowest BCUT2D eigenvalue weighted by molar-refractivity contribution is 0.0963. The molecule has 0 bridgehead atoms. The van der Waals surface area contributed by atoms with Crippen molar-refractivity contribution in [2.24, 2.45) is 0 Å². The summed E-state index contributed by atoms with van der Waals surface area (Å²) in [6.07, 6.45) is 1.45. The van der Waals surface area contributed by atoms with Crippen LogP contribution in [-0.4, -0.2) is 37.7 Å². The number of fused-ring (bicyclic) bond motifs is 2. The van der Waals surface area contributed by atoms with Gasteiger partial charge in [0.1, 0.15) is 17.8 Å². The molecule has 3 heterocycles. The molecule has 0 aliphatic carbocycles. The first-order valence-corrected chi connectivity index (χ1v) is 8.36. The zero-order valence-corrected chi connectivity index (χ0v) is 14.8. The Hall–Kier alpha value is -3.42. The highest BCUT2D eigenvalue weighted by Gasteiger charge is 2.20. The van der Waals surface area contributed by atoms with Crippen LogP contribution in [0.25, 0.3) is 33.3 Å². The quantitative estimate of drug-likeness (QED) is 0.525. The minimum Gasteiger partial charge on any atom is -0.383 e. The molecule has 0 atom stereocenters. The Bertz CT molecular complexity index is 1160. The molecule has 0 saturated carbocycles. The van der Waals surface area contributed by atoms with Crippen LogP contribution in [0.2, 0.25) is 0 Å². The van der Waals surface area contributed by atoms with Crippen molar-refractivity contribution in [3.63, 3.8) is 0 Å². The summed E-state index contributed by atoms with van der Waals surface area (Å²) >= 11 is 0. The summed E-state index contributed by atoms with van der Waals surface area (Å²) < 4.78 is 1.81. The number of nitrogens with two attached hydrogens (primary N) is 1. The van der Waals surface area contributed by atoms with Crippen molar-refractivity contribution < 1.29 is 4.79 Å². The Labute approximate surface area is 149 Å². The van der Waals surface area contributed by atoms with Gasteiger partial charge in [0.15, 0.2) is 5.65 Å². The zero-order chi connectivity index (χ0) is 18.4. The Morgan fingerprint density at radius 3 is 2.88 bits per heavy atom. The standard InChI is InChI=1S/C18H19N7O/c1-4-25-17-13(16(19)21-8-22-17)15(24-25)14-9(2)11-6-5-10(18(26)20-3)7-12(11)23-14/h5-8,23H,4H2,1-3H3,(H,20,26)(H2,19,21,22). The molecule has 4 rings (SSSR count). The van der Waals surface area contributed by atoms with E-state index in [1.54, 1.807) is 7.05 Å². The van der Waals surface area contributed by atoms with E-state index in [9.17, 15) is 4.79 Å². The zero-order valence-electron chi connectivity index (χ0n) is 14.8. The van der Waals surface area contributed by atoms with Gasteiger partial charge < -0.3 is 16.0 Å². The third-order valence-corrected chi connectivity index (χ3v) is 4.64. The lowest BCUT2D eigenvalue weighted by Gasteiger charge is -1.99. The van der Waals surface area contributed by atoms with Gasteiger partial charge in [-0.15, -0.1) is 0 Å². The van der Waals surface area contributed by atoms with Crippen LogP contribution < -0.4 is 11.1 Å². The van der Waals surface area contributed by atoms with Crippen LogP contribution in [0.3, 0.4) is 0 Å². The van der Waals surface area contributed by atoms with Gasteiger partial charge in [-0.25, -0.2) is 14.6 Å². The smallest absolute Gasteiger partial charge is 0.251 e. The Morgan fingerprint density at radius 2 is 2.15 bits per heavy atom. The largest absolute Gasteiger partial charge is 0.383 e. The summed E-state index contributed by atoms with van der Waals surface area (Å²) in [7, 11) is 1.62. The summed E-state index contributed by atoms with van der Waals surface area (Å²) in [4.78, 5) is 23.7. The summed E-state index contributed by atoms with van der Waals surface area (Å²) in [5, 5.41) is 9.09. The normalized spacial score (nSPS) is 11.3. The molecule has 0 aliphatic heterocycles. The lowest BCUT2D eigenvalue weighted by Crippen LogP contribution is -2.17. The number of hydrogen-bond acceptors (Lipinski definition) is 5. The van der Waals surface area contributed by atoms with E-state index in [1.165, 1.54) is 6.33 Å². The Balaban J connectivity index is 1.99.